The van der Waals surface area contributed by atoms with E-state index in [1.165, 1.54) is 0 Å². The van der Waals surface area contributed by atoms with Crippen LogP contribution in [0.2, 0.25) is 0 Å². The van der Waals surface area contributed by atoms with Crippen LogP contribution in [0, 0.1) is 6.92 Å². The van der Waals surface area contributed by atoms with Crippen molar-refractivity contribution in [3.05, 3.63) is 29.8 Å². The molecule has 92 valence electrons. The second-order valence-corrected chi connectivity index (χ2v) is 4.54. The number of halogens is 1. The number of piperidine rings is 1. The van der Waals surface area contributed by atoms with E-state index in [-0.39, 0.29) is 12.8 Å². The van der Waals surface area contributed by atoms with E-state index in [0.717, 1.165) is 5.56 Å². The normalized spacial score (nSPS) is 18.7. The smallest absolute Gasteiger partial charge is 0.262 e. The summed E-state index contributed by atoms with van der Waals surface area (Å²) < 4.78 is 14.3. The summed E-state index contributed by atoms with van der Waals surface area (Å²) in [4.78, 5) is 11.9. The quantitative estimate of drug-likeness (QED) is 0.825. The van der Waals surface area contributed by atoms with Crippen molar-refractivity contribution in [3.8, 4) is 0 Å². The molecule has 1 aliphatic heterocycles. The van der Waals surface area contributed by atoms with Crippen LogP contribution in [0.4, 0.5) is 10.1 Å². The van der Waals surface area contributed by atoms with Gasteiger partial charge in [0.25, 0.3) is 5.91 Å². The molecule has 0 unspecified atom stereocenters. The Balaban J connectivity index is 2.03. The van der Waals surface area contributed by atoms with Crippen molar-refractivity contribution >= 4 is 11.6 Å². The summed E-state index contributed by atoms with van der Waals surface area (Å²) >= 11 is 0. The van der Waals surface area contributed by atoms with Crippen LogP contribution in [0.15, 0.2) is 24.3 Å². The van der Waals surface area contributed by atoms with E-state index in [9.17, 15) is 9.18 Å². The average Bonchev–Trinajstić information content (AvgIpc) is 2.33. The Morgan fingerprint density at radius 1 is 1.29 bits per heavy atom. The molecule has 1 aromatic carbocycles. The van der Waals surface area contributed by atoms with Gasteiger partial charge in [0.15, 0.2) is 5.67 Å². The first-order valence-corrected chi connectivity index (χ1v) is 5.88. The molecule has 0 atom stereocenters. The molecule has 1 amide bonds. The maximum atomic E-state index is 14.3. The molecule has 0 saturated carbocycles. The SMILES string of the molecule is Cc1ccc(NC(=O)C2(F)CCNCC2)cc1. The molecule has 1 heterocycles. The Bertz CT molecular complexity index is 396. The number of hydrogen-bond acceptors (Lipinski definition) is 2. The van der Waals surface area contributed by atoms with Crippen LogP contribution >= 0.6 is 0 Å². The fourth-order valence-corrected chi connectivity index (χ4v) is 1.93. The monoisotopic (exact) mass is 236 g/mol. The highest BCUT2D eigenvalue weighted by Gasteiger charge is 2.39. The van der Waals surface area contributed by atoms with E-state index >= 15 is 0 Å². The first kappa shape index (κ1) is 12.0. The van der Waals surface area contributed by atoms with Crippen molar-refractivity contribution in [3.63, 3.8) is 0 Å². The highest BCUT2D eigenvalue weighted by atomic mass is 19.1. The van der Waals surface area contributed by atoms with Crippen molar-refractivity contribution in [2.45, 2.75) is 25.4 Å². The summed E-state index contributed by atoms with van der Waals surface area (Å²) in [6, 6.07) is 7.36. The molecule has 1 aliphatic rings. The molecule has 2 rings (SSSR count). The lowest BCUT2D eigenvalue weighted by molar-refractivity contribution is -0.128. The van der Waals surface area contributed by atoms with Gasteiger partial charge in [-0.05, 0) is 32.1 Å². The molecule has 0 aromatic heterocycles. The van der Waals surface area contributed by atoms with Gasteiger partial charge in [-0.25, -0.2) is 4.39 Å². The Morgan fingerprint density at radius 2 is 1.88 bits per heavy atom. The van der Waals surface area contributed by atoms with Crippen LogP contribution in [0.25, 0.3) is 0 Å². The lowest BCUT2D eigenvalue weighted by Gasteiger charge is -2.28. The third-order valence-corrected chi connectivity index (χ3v) is 3.11. The molecular formula is C13H17FN2O. The minimum Gasteiger partial charge on any atom is -0.323 e. The van der Waals surface area contributed by atoms with Crippen molar-refractivity contribution in [1.82, 2.24) is 5.32 Å². The summed E-state index contributed by atoms with van der Waals surface area (Å²) in [5.74, 6) is -0.525. The second-order valence-electron chi connectivity index (χ2n) is 4.54. The lowest BCUT2D eigenvalue weighted by atomic mass is 9.93. The summed E-state index contributed by atoms with van der Waals surface area (Å²) in [6.07, 6.45) is 0.482. The predicted octanol–water partition coefficient (Wildman–Crippen LogP) is 2.03. The van der Waals surface area contributed by atoms with E-state index in [0.29, 0.717) is 18.8 Å². The van der Waals surface area contributed by atoms with E-state index < -0.39 is 11.6 Å². The topological polar surface area (TPSA) is 41.1 Å². The molecule has 0 spiro atoms. The van der Waals surface area contributed by atoms with Gasteiger partial charge in [0, 0.05) is 18.5 Å². The van der Waals surface area contributed by atoms with Crippen molar-refractivity contribution < 1.29 is 9.18 Å². The third kappa shape index (κ3) is 2.82. The van der Waals surface area contributed by atoms with E-state index in [2.05, 4.69) is 10.6 Å². The Labute approximate surface area is 100 Å². The largest absolute Gasteiger partial charge is 0.323 e. The molecule has 4 heteroatoms. The highest BCUT2D eigenvalue weighted by Crippen LogP contribution is 2.25. The second kappa shape index (κ2) is 4.84. The van der Waals surface area contributed by atoms with E-state index in [4.69, 9.17) is 0 Å². The number of alkyl halides is 1. The van der Waals surface area contributed by atoms with Crippen molar-refractivity contribution in [1.29, 1.82) is 0 Å². The van der Waals surface area contributed by atoms with Crippen LogP contribution in [0.3, 0.4) is 0 Å². The molecule has 0 radical (unpaired) electrons. The van der Waals surface area contributed by atoms with Crippen LogP contribution < -0.4 is 10.6 Å². The fraction of sp³-hybridized carbons (Fsp3) is 0.462. The maximum absolute atomic E-state index is 14.3. The van der Waals surface area contributed by atoms with Crippen molar-refractivity contribution in [2.75, 3.05) is 18.4 Å². The first-order valence-electron chi connectivity index (χ1n) is 5.88. The number of nitrogens with one attached hydrogen (secondary N) is 2. The summed E-state index contributed by atoms with van der Waals surface area (Å²) in [5, 5.41) is 5.68. The zero-order valence-corrected chi connectivity index (χ0v) is 9.92. The number of anilines is 1. The van der Waals surface area contributed by atoms with Gasteiger partial charge in [-0.2, -0.15) is 0 Å². The van der Waals surface area contributed by atoms with Crippen LogP contribution in [0.1, 0.15) is 18.4 Å². The number of amides is 1. The van der Waals surface area contributed by atoms with Gasteiger partial charge >= 0.3 is 0 Å². The number of benzene rings is 1. The van der Waals surface area contributed by atoms with Crippen LogP contribution in [-0.2, 0) is 4.79 Å². The van der Waals surface area contributed by atoms with E-state index in [1.54, 1.807) is 12.1 Å². The number of carbonyl (C=O) groups excluding carboxylic acids is 1. The van der Waals surface area contributed by atoms with Gasteiger partial charge in [-0.15, -0.1) is 0 Å². The minimum atomic E-state index is -1.73. The van der Waals surface area contributed by atoms with Gasteiger partial charge in [0.1, 0.15) is 0 Å². The zero-order chi connectivity index (χ0) is 12.3. The fourth-order valence-electron chi connectivity index (χ4n) is 1.93. The van der Waals surface area contributed by atoms with Gasteiger partial charge in [0.05, 0.1) is 0 Å². The molecule has 2 N–H and O–H groups in total. The predicted molar refractivity (Wildman–Crippen MR) is 65.8 cm³/mol. The highest BCUT2D eigenvalue weighted by molar-refractivity contribution is 5.97. The first-order chi connectivity index (χ1) is 8.10. The third-order valence-electron chi connectivity index (χ3n) is 3.11. The summed E-state index contributed by atoms with van der Waals surface area (Å²) in [7, 11) is 0. The number of hydrogen-bond donors (Lipinski definition) is 2. The minimum absolute atomic E-state index is 0.241. The molecule has 17 heavy (non-hydrogen) atoms. The van der Waals surface area contributed by atoms with Crippen LogP contribution in [0.5, 0.6) is 0 Å². The Hall–Kier alpha value is -1.42. The van der Waals surface area contributed by atoms with Gasteiger partial charge in [0.2, 0.25) is 0 Å². The lowest BCUT2D eigenvalue weighted by Crippen LogP contribution is -2.47. The number of rotatable bonds is 2. The zero-order valence-electron chi connectivity index (χ0n) is 9.92. The molecule has 1 saturated heterocycles. The maximum Gasteiger partial charge on any atom is 0.262 e. The Morgan fingerprint density at radius 3 is 2.47 bits per heavy atom. The summed E-state index contributed by atoms with van der Waals surface area (Å²) in [5.41, 5.74) is 0.0341. The molecule has 0 bridgehead atoms. The van der Waals surface area contributed by atoms with Crippen molar-refractivity contribution in [2.24, 2.45) is 0 Å². The van der Waals surface area contributed by atoms with Crippen LogP contribution in [-0.4, -0.2) is 24.7 Å². The molecular weight excluding hydrogens is 219 g/mol. The van der Waals surface area contributed by atoms with Gasteiger partial charge < -0.3 is 10.6 Å². The number of aryl methyl sites for hydroxylation is 1. The number of carbonyl (C=O) groups is 1. The standard InChI is InChI=1S/C13H17FN2O/c1-10-2-4-11(5-3-10)16-12(17)13(14)6-8-15-9-7-13/h2-5,15H,6-9H2,1H3,(H,16,17). The summed E-state index contributed by atoms with van der Waals surface area (Å²) in [6.45, 7) is 3.07. The van der Waals surface area contributed by atoms with E-state index in [1.807, 2.05) is 19.1 Å². The van der Waals surface area contributed by atoms with Gasteiger partial charge in [-0.1, -0.05) is 17.7 Å². The molecule has 1 fully saturated rings. The Kier molecular flexibility index (Phi) is 3.43. The molecule has 0 aliphatic carbocycles. The molecule has 3 nitrogen and oxygen atoms in total. The van der Waals surface area contributed by atoms with Gasteiger partial charge in [-0.3, -0.25) is 4.79 Å². The molecule has 1 aromatic rings. The average molecular weight is 236 g/mol.